The van der Waals surface area contributed by atoms with E-state index in [1.807, 2.05) is 0 Å². The van der Waals surface area contributed by atoms with Crippen molar-refractivity contribution >= 4 is 23.2 Å². The minimum atomic E-state index is -0.803. The number of hydrogen-bond acceptors (Lipinski definition) is 3. The smallest absolute Gasteiger partial charge is 0.316 e. The summed E-state index contributed by atoms with van der Waals surface area (Å²) in [6.45, 7) is 0. The second-order valence-electron chi connectivity index (χ2n) is 3.47. The van der Waals surface area contributed by atoms with Crippen LogP contribution in [0.3, 0.4) is 0 Å². The Balaban J connectivity index is 2.27. The number of carbonyl (C=O) groups is 1. The van der Waals surface area contributed by atoms with Crippen LogP contribution < -0.4 is 15.6 Å². The van der Waals surface area contributed by atoms with E-state index in [1.54, 1.807) is 0 Å². The molecular formula is C10H8ClFN3O3+. The molecule has 2 rings (SSSR count). The number of H-pyrrole nitrogens is 1. The molecule has 1 heterocycles. The summed E-state index contributed by atoms with van der Waals surface area (Å²) in [6, 6.07) is 3.67. The molecule has 2 N–H and O–H groups in total. The molecule has 1 amide bonds. The lowest BCUT2D eigenvalue weighted by atomic mass is 10.3. The van der Waals surface area contributed by atoms with Gasteiger partial charge in [0.2, 0.25) is 0 Å². The number of aryl methyl sites for hydroxylation is 1. The Hall–Kier alpha value is -2.15. The van der Waals surface area contributed by atoms with E-state index in [-0.39, 0.29) is 16.4 Å². The van der Waals surface area contributed by atoms with Gasteiger partial charge in [0.15, 0.2) is 7.05 Å². The van der Waals surface area contributed by atoms with Crippen LogP contribution in [0.1, 0.15) is 10.5 Å². The van der Waals surface area contributed by atoms with Crippen LogP contribution in [0.25, 0.3) is 0 Å². The molecule has 0 aliphatic heterocycles. The third-order valence-electron chi connectivity index (χ3n) is 2.20. The summed E-state index contributed by atoms with van der Waals surface area (Å²) in [4.78, 5) is 23.0. The van der Waals surface area contributed by atoms with Gasteiger partial charge in [0.25, 0.3) is 0 Å². The Morgan fingerprint density at radius 3 is 2.83 bits per heavy atom. The predicted octanol–water partition coefficient (Wildman–Crippen LogP) is 0.837. The molecule has 0 radical (unpaired) electrons. The summed E-state index contributed by atoms with van der Waals surface area (Å²) in [5, 5.41) is 4.48. The van der Waals surface area contributed by atoms with Crippen molar-refractivity contribution in [3.05, 3.63) is 45.2 Å². The maximum absolute atomic E-state index is 12.9. The maximum Gasteiger partial charge on any atom is 0.440 e. The lowest BCUT2D eigenvalue weighted by molar-refractivity contribution is -0.741. The maximum atomic E-state index is 12.9. The number of carbonyl (C=O) groups excluding carboxylic acids is 1. The highest BCUT2D eigenvalue weighted by atomic mass is 35.5. The number of nitrogens with one attached hydrogen (secondary N) is 2. The highest BCUT2D eigenvalue weighted by Gasteiger charge is 2.26. The minimum Gasteiger partial charge on any atom is -0.316 e. The molecule has 0 unspecified atom stereocenters. The first-order chi connectivity index (χ1) is 8.49. The van der Waals surface area contributed by atoms with Crippen molar-refractivity contribution in [3.63, 3.8) is 0 Å². The van der Waals surface area contributed by atoms with Crippen LogP contribution in [-0.2, 0) is 7.05 Å². The van der Waals surface area contributed by atoms with Crippen LogP contribution in [0.4, 0.5) is 10.1 Å². The number of amides is 1. The molecule has 6 nitrogen and oxygen atoms in total. The van der Waals surface area contributed by atoms with Gasteiger partial charge in [0.05, 0.1) is 5.02 Å². The molecule has 0 aliphatic rings. The zero-order chi connectivity index (χ0) is 13.3. The molecule has 0 saturated heterocycles. The van der Waals surface area contributed by atoms with Crippen molar-refractivity contribution in [2.24, 2.45) is 7.05 Å². The van der Waals surface area contributed by atoms with Crippen LogP contribution in [0.15, 0.2) is 27.5 Å². The van der Waals surface area contributed by atoms with Gasteiger partial charge in [-0.25, -0.2) is 9.18 Å². The fraction of sp³-hybridized carbons (Fsp3) is 0.100. The Bertz CT molecular complexity index is 665. The van der Waals surface area contributed by atoms with Gasteiger partial charge in [-0.05, 0) is 23.5 Å². The summed E-state index contributed by atoms with van der Waals surface area (Å²) < 4.78 is 18.5. The number of benzene rings is 1. The average Bonchev–Trinajstić information content (AvgIpc) is 2.64. The van der Waals surface area contributed by atoms with Crippen molar-refractivity contribution in [1.29, 1.82) is 0 Å². The second kappa shape index (κ2) is 4.61. The molecule has 18 heavy (non-hydrogen) atoms. The number of rotatable bonds is 2. The van der Waals surface area contributed by atoms with E-state index < -0.39 is 17.3 Å². The van der Waals surface area contributed by atoms with Gasteiger partial charge < -0.3 is 5.32 Å². The van der Waals surface area contributed by atoms with Crippen molar-refractivity contribution in [1.82, 2.24) is 5.27 Å². The van der Waals surface area contributed by atoms with Crippen LogP contribution in [0.5, 0.6) is 0 Å². The van der Waals surface area contributed by atoms with Crippen LogP contribution in [0.2, 0.25) is 5.02 Å². The van der Waals surface area contributed by atoms with Crippen molar-refractivity contribution in [2.45, 2.75) is 0 Å². The van der Waals surface area contributed by atoms with Gasteiger partial charge in [0.1, 0.15) is 5.82 Å². The van der Waals surface area contributed by atoms with Crippen molar-refractivity contribution < 1.29 is 18.4 Å². The number of anilines is 1. The summed E-state index contributed by atoms with van der Waals surface area (Å²) in [5.41, 5.74) is -0.745. The lowest BCUT2D eigenvalue weighted by Crippen LogP contribution is -2.41. The minimum absolute atomic E-state index is 0.127. The normalized spacial score (nSPS) is 10.4. The highest BCUT2D eigenvalue weighted by molar-refractivity contribution is 6.31. The molecule has 0 saturated carbocycles. The molecule has 1 aromatic heterocycles. The van der Waals surface area contributed by atoms with Gasteiger partial charge in [-0.15, -0.1) is 0 Å². The van der Waals surface area contributed by atoms with Crippen LogP contribution >= 0.6 is 11.6 Å². The first kappa shape index (κ1) is 12.3. The quantitative estimate of drug-likeness (QED) is 0.795. The number of hydrogen-bond donors (Lipinski definition) is 2. The highest BCUT2D eigenvalue weighted by Crippen LogP contribution is 2.19. The van der Waals surface area contributed by atoms with Crippen molar-refractivity contribution in [2.75, 3.05) is 5.32 Å². The van der Waals surface area contributed by atoms with Gasteiger partial charge in [-0.1, -0.05) is 16.3 Å². The molecule has 0 atom stereocenters. The van der Waals surface area contributed by atoms with E-state index in [1.165, 1.54) is 19.2 Å². The number of halogens is 2. The summed E-state index contributed by atoms with van der Waals surface area (Å²) in [6.07, 6.45) is 0. The first-order valence-corrected chi connectivity index (χ1v) is 5.20. The summed E-state index contributed by atoms with van der Waals surface area (Å²) in [5.74, 6) is -1.28. The molecule has 0 spiro atoms. The van der Waals surface area contributed by atoms with Crippen molar-refractivity contribution in [3.8, 4) is 0 Å². The Kier molecular flexibility index (Phi) is 3.15. The van der Waals surface area contributed by atoms with Gasteiger partial charge in [-0.2, -0.15) is 0 Å². The van der Waals surface area contributed by atoms with Crippen LogP contribution in [-0.4, -0.2) is 11.2 Å². The van der Waals surface area contributed by atoms with E-state index in [4.69, 9.17) is 11.6 Å². The van der Waals surface area contributed by atoms with Gasteiger partial charge in [0, 0.05) is 5.69 Å². The molecule has 8 heteroatoms. The van der Waals surface area contributed by atoms with E-state index in [2.05, 4.69) is 15.1 Å². The average molecular weight is 273 g/mol. The molecule has 0 bridgehead atoms. The lowest BCUT2D eigenvalue weighted by Gasteiger charge is -2.02. The zero-order valence-electron chi connectivity index (χ0n) is 9.16. The number of aromatic amines is 1. The predicted molar refractivity (Wildman–Crippen MR) is 59.9 cm³/mol. The Morgan fingerprint density at radius 1 is 1.56 bits per heavy atom. The fourth-order valence-electron chi connectivity index (χ4n) is 1.35. The van der Waals surface area contributed by atoms with Gasteiger partial charge in [-0.3, -0.25) is 9.32 Å². The molecule has 2 aromatic rings. The van der Waals surface area contributed by atoms with E-state index in [0.29, 0.717) is 0 Å². The topological polar surface area (TPSA) is 79.0 Å². The number of aromatic nitrogens is 2. The standard InChI is InChI=1S/C10H7ClFN3O3/c1-15-8(10(17)18-14-15)9(16)13-5-2-3-7(12)6(11)4-5/h2-4H,1H3,(H-,13,14,16,17)/p+1. The third kappa shape index (κ3) is 2.25. The largest absolute Gasteiger partial charge is 0.440 e. The Labute approximate surface area is 105 Å². The summed E-state index contributed by atoms with van der Waals surface area (Å²) in [7, 11) is 1.44. The monoisotopic (exact) mass is 272 g/mol. The second-order valence-corrected chi connectivity index (χ2v) is 3.88. The van der Waals surface area contributed by atoms with Gasteiger partial charge >= 0.3 is 17.2 Å². The Morgan fingerprint density at radius 2 is 2.28 bits per heavy atom. The SMILES string of the molecule is C[n+]1[nH]oc(=O)c1C(=O)Nc1ccc(F)c(Cl)c1. The van der Waals surface area contributed by atoms with Crippen LogP contribution in [0, 0.1) is 5.82 Å². The van der Waals surface area contributed by atoms with E-state index >= 15 is 0 Å². The molecule has 0 fully saturated rings. The third-order valence-corrected chi connectivity index (χ3v) is 2.49. The fourth-order valence-corrected chi connectivity index (χ4v) is 1.53. The first-order valence-electron chi connectivity index (χ1n) is 4.83. The summed E-state index contributed by atoms with van der Waals surface area (Å²) >= 11 is 5.57. The molecule has 0 aliphatic carbocycles. The number of nitrogens with zero attached hydrogens (tertiary/aromatic N) is 1. The van der Waals surface area contributed by atoms with E-state index in [9.17, 15) is 14.0 Å². The molecule has 94 valence electrons. The zero-order valence-corrected chi connectivity index (χ0v) is 9.92. The molecule has 1 aromatic carbocycles. The van der Waals surface area contributed by atoms with E-state index in [0.717, 1.165) is 10.7 Å². The molecular weight excluding hydrogens is 265 g/mol.